The average Bonchev–Trinajstić information content (AvgIpc) is 1.76. The van der Waals surface area contributed by atoms with Crippen LogP contribution in [-0.4, -0.2) is 0 Å². The SMILES string of the molecule is [CH-]1CCCC1. The lowest BCUT2D eigenvalue weighted by atomic mass is 10.4. The summed E-state index contributed by atoms with van der Waals surface area (Å²) >= 11 is 0. The van der Waals surface area contributed by atoms with E-state index in [1.807, 2.05) is 0 Å². The van der Waals surface area contributed by atoms with Crippen molar-refractivity contribution >= 4 is 0 Å². The highest BCUT2D eigenvalue weighted by Crippen LogP contribution is 2.13. The molecule has 5 heavy (non-hydrogen) atoms. The van der Waals surface area contributed by atoms with Gasteiger partial charge in [0.15, 0.2) is 0 Å². The lowest BCUT2D eigenvalue weighted by Crippen LogP contribution is -1.50. The van der Waals surface area contributed by atoms with E-state index >= 15 is 0 Å². The molecule has 1 aliphatic carbocycles. The van der Waals surface area contributed by atoms with Crippen LogP contribution in [0.25, 0.3) is 0 Å². The van der Waals surface area contributed by atoms with E-state index < -0.39 is 0 Å². The van der Waals surface area contributed by atoms with Crippen molar-refractivity contribution < 1.29 is 0 Å². The molecule has 0 aromatic carbocycles. The van der Waals surface area contributed by atoms with Gasteiger partial charge in [-0.2, -0.15) is 12.8 Å². The van der Waals surface area contributed by atoms with E-state index in [4.69, 9.17) is 0 Å². The topological polar surface area (TPSA) is 0 Å². The van der Waals surface area contributed by atoms with Crippen LogP contribution in [0.15, 0.2) is 0 Å². The fourth-order valence-corrected chi connectivity index (χ4v) is 0.722. The molecule has 30 valence electrons. The third-order valence-corrected chi connectivity index (χ3v) is 1.07. The lowest BCUT2D eigenvalue weighted by molar-refractivity contribution is 0.886. The quantitative estimate of drug-likeness (QED) is 0.380. The van der Waals surface area contributed by atoms with Gasteiger partial charge in [0, 0.05) is 0 Å². The molecule has 0 nitrogen and oxygen atoms in total. The maximum absolute atomic E-state index is 2.36. The molecule has 1 aliphatic rings. The summed E-state index contributed by atoms with van der Waals surface area (Å²) in [6.07, 6.45) is 8.00. The van der Waals surface area contributed by atoms with Gasteiger partial charge in [0.05, 0.1) is 0 Å². The molecular weight excluding hydrogens is 60.1 g/mol. The van der Waals surface area contributed by atoms with Crippen LogP contribution in [0.5, 0.6) is 0 Å². The first kappa shape index (κ1) is 3.20. The Bertz CT molecular complexity index is 11.6. The Morgan fingerprint density at radius 2 is 1.60 bits per heavy atom. The molecular formula is C5H9-. The zero-order valence-electron chi connectivity index (χ0n) is 3.41. The molecule has 1 fully saturated rings. The molecule has 1 saturated carbocycles. The van der Waals surface area contributed by atoms with Gasteiger partial charge in [0.1, 0.15) is 0 Å². The van der Waals surface area contributed by atoms with Crippen LogP contribution >= 0.6 is 0 Å². The fourth-order valence-electron chi connectivity index (χ4n) is 0.722. The highest BCUT2D eigenvalue weighted by atomic mass is 14.0. The predicted molar refractivity (Wildman–Crippen MR) is 22.8 cm³/mol. The van der Waals surface area contributed by atoms with Gasteiger partial charge in [-0.25, -0.2) is 0 Å². The Balaban J connectivity index is 2.08. The molecule has 0 aromatic heterocycles. The van der Waals surface area contributed by atoms with Gasteiger partial charge in [-0.3, -0.25) is 0 Å². The summed E-state index contributed by atoms with van der Waals surface area (Å²) in [5, 5.41) is 0. The molecule has 0 heterocycles. The van der Waals surface area contributed by atoms with Crippen LogP contribution in [0.1, 0.15) is 25.7 Å². The molecule has 0 atom stereocenters. The van der Waals surface area contributed by atoms with Gasteiger partial charge in [0.2, 0.25) is 0 Å². The number of hydrogen-bond acceptors (Lipinski definition) is 0. The van der Waals surface area contributed by atoms with Gasteiger partial charge < -0.3 is 6.42 Å². The molecule has 0 bridgehead atoms. The van der Waals surface area contributed by atoms with Crippen molar-refractivity contribution in [2.24, 2.45) is 0 Å². The largest absolute Gasteiger partial charge is 0.328 e. The Morgan fingerprint density at radius 3 is 1.80 bits per heavy atom. The van der Waals surface area contributed by atoms with Crippen LogP contribution in [0, 0.1) is 6.42 Å². The maximum atomic E-state index is 2.36. The molecule has 1 rings (SSSR count). The summed E-state index contributed by atoms with van der Waals surface area (Å²) in [6, 6.07) is 0. The van der Waals surface area contributed by atoms with Crippen molar-refractivity contribution in [1.82, 2.24) is 0 Å². The molecule has 0 aromatic rings. The molecule has 0 N–H and O–H groups in total. The lowest BCUT2D eigenvalue weighted by Gasteiger charge is -1.85. The zero-order chi connectivity index (χ0) is 3.54. The van der Waals surface area contributed by atoms with E-state index in [1.165, 1.54) is 25.7 Å². The first-order valence-corrected chi connectivity index (χ1v) is 2.32. The molecule has 0 unspecified atom stereocenters. The Morgan fingerprint density at radius 1 is 1.00 bits per heavy atom. The van der Waals surface area contributed by atoms with Crippen LogP contribution in [0.2, 0.25) is 0 Å². The number of rotatable bonds is 0. The average molecular weight is 69.1 g/mol. The Kier molecular flexibility index (Phi) is 0.922. The smallest absolute Gasteiger partial charge is 0.0829 e. The van der Waals surface area contributed by atoms with Crippen molar-refractivity contribution in [3.05, 3.63) is 6.42 Å². The minimum Gasteiger partial charge on any atom is -0.328 e. The molecule has 0 radical (unpaired) electrons. The van der Waals surface area contributed by atoms with Crippen molar-refractivity contribution in [1.29, 1.82) is 0 Å². The van der Waals surface area contributed by atoms with Crippen molar-refractivity contribution in [2.75, 3.05) is 0 Å². The zero-order valence-corrected chi connectivity index (χ0v) is 3.41. The first-order chi connectivity index (χ1) is 2.50. The van der Waals surface area contributed by atoms with E-state index in [0.29, 0.717) is 0 Å². The minimum absolute atomic E-state index is 1.38. The van der Waals surface area contributed by atoms with E-state index in [1.54, 1.807) is 0 Å². The van der Waals surface area contributed by atoms with E-state index in [2.05, 4.69) is 6.42 Å². The standard InChI is InChI=1S/C5H9/c1-2-4-5-3-1/h1H,2-5H2/q-1. The molecule has 0 heteroatoms. The van der Waals surface area contributed by atoms with E-state index in [0.717, 1.165) is 0 Å². The third-order valence-electron chi connectivity index (χ3n) is 1.07. The van der Waals surface area contributed by atoms with E-state index in [9.17, 15) is 0 Å². The number of hydrogen-bond donors (Lipinski definition) is 0. The van der Waals surface area contributed by atoms with Crippen LogP contribution in [0.4, 0.5) is 0 Å². The van der Waals surface area contributed by atoms with Gasteiger partial charge in [0.25, 0.3) is 0 Å². The van der Waals surface area contributed by atoms with Gasteiger partial charge in [-0.15, -0.1) is 0 Å². The second kappa shape index (κ2) is 1.44. The van der Waals surface area contributed by atoms with E-state index in [-0.39, 0.29) is 0 Å². The van der Waals surface area contributed by atoms with Gasteiger partial charge in [-0.1, -0.05) is 12.8 Å². The highest BCUT2D eigenvalue weighted by molar-refractivity contribution is 4.71. The Labute approximate surface area is 33.2 Å². The van der Waals surface area contributed by atoms with Crippen LogP contribution in [-0.2, 0) is 0 Å². The van der Waals surface area contributed by atoms with Crippen LogP contribution < -0.4 is 0 Å². The molecule has 0 amide bonds. The summed E-state index contributed by atoms with van der Waals surface area (Å²) in [5.41, 5.74) is 0. The summed E-state index contributed by atoms with van der Waals surface area (Å²) in [7, 11) is 0. The predicted octanol–water partition coefficient (Wildman–Crippen LogP) is 1.76. The van der Waals surface area contributed by atoms with Crippen molar-refractivity contribution in [3.8, 4) is 0 Å². The molecule has 0 spiro atoms. The van der Waals surface area contributed by atoms with Crippen molar-refractivity contribution in [2.45, 2.75) is 25.7 Å². The van der Waals surface area contributed by atoms with Crippen LogP contribution in [0.3, 0.4) is 0 Å². The molecule has 0 saturated heterocycles. The normalized spacial score (nSPS) is 24.0. The van der Waals surface area contributed by atoms with Gasteiger partial charge in [-0.05, 0) is 0 Å². The first-order valence-electron chi connectivity index (χ1n) is 2.32. The minimum atomic E-state index is 1.38. The summed E-state index contributed by atoms with van der Waals surface area (Å²) < 4.78 is 0. The fraction of sp³-hybridized carbons (Fsp3) is 0.800. The summed E-state index contributed by atoms with van der Waals surface area (Å²) in [6.45, 7) is 0. The summed E-state index contributed by atoms with van der Waals surface area (Å²) in [5.74, 6) is 0. The molecule has 0 aliphatic heterocycles. The summed E-state index contributed by atoms with van der Waals surface area (Å²) in [4.78, 5) is 0. The highest BCUT2D eigenvalue weighted by Gasteiger charge is 1.84. The maximum Gasteiger partial charge on any atom is -0.0829 e. The van der Waals surface area contributed by atoms with Gasteiger partial charge >= 0.3 is 0 Å². The second-order valence-corrected chi connectivity index (χ2v) is 1.57. The second-order valence-electron chi connectivity index (χ2n) is 1.57. The monoisotopic (exact) mass is 69.1 g/mol. The third kappa shape index (κ3) is 0.640. The van der Waals surface area contributed by atoms with Crippen molar-refractivity contribution in [3.63, 3.8) is 0 Å². The Hall–Kier alpha value is 0.